The second-order valence-electron chi connectivity index (χ2n) is 5.67. The Hall–Kier alpha value is -1.77. The number of halogens is 2. The van der Waals surface area contributed by atoms with E-state index in [1.807, 2.05) is 6.92 Å². The number of benzene rings is 1. The number of amides is 2. The van der Waals surface area contributed by atoms with Crippen LogP contribution in [0.2, 0.25) is 10.0 Å². The van der Waals surface area contributed by atoms with Crippen LogP contribution in [0.1, 0.15) is 30.8 Å². The van der Waals surface area contributed by atoms with Crippen LogP contribution in [0.5, 0.6) is 0 Å². The molecule has 1 aromatic carbocycles. The molecule has 0 aliphatic rings. The van der Waals surface area contributed by atoms with Gasteiger partial charge in [-0.2, -0.15) is 0 Å². The molecular formula is C16H19Cl2N5O2S. The highest BCUT2D eigenvalue weighted by Crippen LogP contribution is 2.26. The third-order valence-corrected chi connectivity index (χ3v) is 5.24. The minimum Gasteiger partial charge on any atom is -0.370 e. The van der Waals surface area contributed by atoms with Gasteiger partial charge in [0.1, 0.15) is 5.82 Å². The number of nitrogens with one attached hydrogen (secondary N) is 1. The SMILES string of the molecule is C[C@H](NC(=O)CSc1nnc(CCC(N)=O)n1C)c1ccc(Cl)cc1Cl. The van der Waals surface area contributed by atoms with Crippen LogP contribution in [0.3, 0.4) is 0 Å². The molecule has 0 saturated heterocycles. The molecule has 1 aromatic heterocycles. The summed E-state index contributed by atoms with van der Waals surface area (Å²) in [6, 6.07) is 4.91. The van der Waals surface area contributed by atoms with E-state index in [9.17, 15) is 9.59 Å². The first-order valence-corrected chi connectivity index (χ1v) is 9.55. The number of thioether (sulfide) groups is 1. The largest absolute Gasteiger partial charge is 0.370 e. The molecule has 10 heteroatoms. The minimum atomic E-state index is -0.392. The Kier molecular flexibility index (Phi) is 7.31. The van der Waals surface area contributed by atoms with Crippen molar-refractivity contribution in [1.29, 1.82) is 0 Å². The van der Waals surface area contributed by atoms with Crippen molar-refractivity contribution in [2.24, 2.45) is 12.8 Å². The number of hydrogen-bond acceptors (Lipinski definition) is 5. The summed E-state index contributed by atoms with van der Waals surface area (Å²) in [4.78, 5) is 23.0. The van der Waals surface area contributed by atoms with Crippen molar-refractivity contribution in [3.8, 4) is 0 Å². The van der Waals surface area contributed by atoms with E-state index in [4.69, 9.17) is 28.9 Å². The lowest BCUT2D eigenvalue weighted by Gasteiger charge is -2.15. The molecule has 0 aliphatic heterocycles. The van der Waals surface area contributed by atoms with Crippen molar-refractivity contribution in [2.45, 2.75) is 31.0 Å². The van der Waals surface area contributed by atoms with Gasteiger partial charge in [-0.3, -0.25) is 9.59 Å². The minimum absolute atomic E-state index is 0.157. The predicted molar refractivity (Wildman–Crippen MR) is 102 cm³/mol. The topological polar surface area (TPSA) is 103 Å². The predicted octanol–water partition coefficient (Wildman–Crippen LogP) is 2.51. The summed E-state index contributed by atoms with van der Waals surface area (Å²) >= 11 is 13.3. The molecule has 0 fully saturated rings. The van der Waals surface area contributed by atoms with Crippen LogP contribution in [-0.4, -0.2) is 32.3 Å². The molecule has 0 bridgehead atoms. The lowest BCUT2D eigenvalue weighted by atomic mass is 10.1. The first-order chi connectivity index (χ1) is 12.3. The Bertz CT molecular complexity index is 812. The van der Waals surface area contributed by atoms with Crippen molar-refractivity contribution in [2.75, 3.05) is 5.75 Å². The molecule has 7 nitrogen and oxygen atoms in total. The maximum atomic E-state index is 12.2. The molecule has 0 saturated carbocycles. The van der Waals surface area contributed by atoms with E-state index in [2.05, 4.69) is 15.5 Å². The first-order valence-electron chi connectivity index (χ1n) is 7.81. The maximum absolute atomic E-state index is 12.2. The number of rotatable bonds is 8. The van der Waals surface area contributed by atoms with E-state index in [1.54, 1.807) is 29.8 Å². The van der Waals surface area contributed by atoms with Crippen molar-refractivity contribution < 1.29 is 9.59 Å². The van der Waals surface area contributed by atoms with Gasteiger partial charge in [0.2, 0.25) is 11.8 Å². The molecule has 0 unspecified atom stereocenters. The molecule has 1 heterocycles. The van der Waals surface area contributed by atoms with Crippen molar-refractivity contribution in [1.82, 2.24) is 20.1 Å². The molecule has 2 rings (SSSR count). The summed E-state index contributed by atoms with van der Waals surface area (Å²) in [5.41, 5.74) is 5.93. The standard InChI is InChI=1S/C16H19Cl2N5O2S/c1-9(11-4-3-10(17)7-12(11)18)20-15(25)8-26-16-22-21-14(23(16)2)6-5-13(19)24/h3-4,7,9H,5-6,8H2,1-2H3,(H2,19,24)(H,20,25)/t9-/m0/s1. The number of carbonyl (C=O) groups is 2. The van der Waals surface area contributed by atoms with Crippen LogP contribution in [0.25, 0.3) is 0 Å². The zero-order chi connectivity index (χ0) is 19.3. The quantitative estimate of drug-likeness (QED) is 0.644. The maximum Gasteiger partial charge on any atom is 0.230 e. The van der Waals surface area contributed by atoms with E-state index in [1.165, 1.54) is 11.8 Å². The lowest BCUT2D eigenvalue weighted by Crippen LogP contribution is -2.28. The van der Waals surface area contributed by atoms with Crippen LogP contribution >= 0.6 is 35.0 Å². The molecule has 3 N–H and O–H groups in total. The van der Waals surface area contributed by atoms with Gasteiger partial charge in [-0.1, -0.05) is 41.0 Å². The van der Waals surface area contributed by atoms with E-state index in [0.29, 0.717) is 27.4 Å². The molecule has 26 heavy (non-hydrogen) atoms. The van der Waals surface area contributed by atoms with Gasteiger partial charge in [0.25, 0.3) is 0 Å². The Balaban J connectivity index is 1.89. The highest BCUT2D eigenvalue weighted by Gasteiger charge is 2.15. The third kappa shape index (κ3) is 5.62. The van der Waals surface area contributed by atoms with Crippen LogP contribution < -0.4 is 11.1 Å². The van der Waals surface area contributed by atoms with Gasteiger partial charge in [-0.05, 0) is 24.6 Å². The van der Waals surface area contributed by atoms with Crippen LogP contribution in [0, 0.1) is 0 Å². The number of nitrogens with zero attached hydrogens (tertiary/aromatic N) is 3. The lowest BCUT2D eigenvalue weighted by molar-refractivity contribution is -0.119. The molecule has 0 radical (unpaired) electrons. The first kappa shape index (κ1) is 20.5. The van der Waals surface area contributed by atoms with Gasteiger partial charge >= 0.3 is 0 Å². The summed E-state index contributed by atoms with van der Waals surface area (Å²) in [7, 11) is 1.78. The Morgan fingerprint density at radius 1 is 1.35 bits per heavy atom. The van der Waals surface area contributed by atoms with Gasteiger partial charge in [0.05, 0.1) is 11.8 Å². The molecular weight excluding hydrogens is 397 g/mol. The summed E-state index contributed by atoms with van der Waals surface area (Å²) in [6.45, 7) is 1.85. The summed E-state index contributed by atoms with van der Waals surface area (Å²) in [6.07, 6.45) is 0.619. The Labute approximate surface area is 165 Å². The Morgan fingerprint density at radius 3 is 2.73 bits per heavy atom. The fourth-order valence-electron chi connectivity index (χ4n) is 2.27. The van der Waals surface area contributed by atoms with Crippen LogP contribution in [0.15, 0.2) is 23.4 Å². The van der Waals surface area contributed by atoms with Gasteiger partial charge in [0, 0.05) is 29.9 Å². The Morgan fingerprint density at radius 2 is 2.08 bits per heavy atom. The highest BCUT2D eigenvalue weighted by molar-refractivity contribution is 7.99. The molecule has 0 spiro atoms. The number of nitrogens with two attached hydrogens (primary N) is 1. The fraction of sp³-hybridized carbons (Fsp3) is 0.375. The van der Waals surface area contributed by atoms with Gasteiger partial charge in [-0.15, -0.1) is 10.2 Å². The fourth-order valence-corrected chi connectivity index (χ4v) is 3.58. The molecule has 2 aromatic rings. The molecule has 1 atom stereocenters. The van der Waals surface area contributed by atoms with Crippen LogP contribution in [-0.2, 0) is 23.1 Å². The smallest absolute Gasteiger partial charge is 0.230 e. The normalized spacial score (nSPS) is 12.0. The second-order valence-corrected chi connectivity index (χ2v) is 7.45. The van der Waals surface area contributed by atoms with E-state index >= 15 is 0 Å². The summed E-state index contributed by atoms with van der Waals surface area (Å²) < 4.78 is 1.75. The van der Waals surface area contributed by atoms with Gasteiger partial charge in [-0.25, -0.2) is 0 Å². The second kappa shape index (κ2) is 9.25. The van der Waals surface area contributed by atoms with E-state index in [0.717, 1.165) is 5.56 Å². The van der Waals surface area contributed by atoms with Crippen molar-refractivity contribution >= 4 is 46.8 Å². The number of aromatic nitrogens is 3. The number of carbonyl (C=O) groups excluding carboxylic acids is 2. The number of aryl methyl sites for hydroxylation is 1. The number of hydrogen-bond donors (Lipinski definition) is 2. The van der Waals surface area contributed by atoms with Crippen molar-refractivity contribution in [3.05, 3.63) is 39.6 Å². The van der Waals surface area contributed by atoms with E-state index in [-0.39, 0.29) is 24.1 Å². The average molecular weight is 416 g/mol. The van der Waals surface area contributed by atoms with Crippen LogP contribution in [0.4, 0.5) is 0 Å². The zero-order valence-electron chi connectivity index (χ0n) is 14.3. The third-order valence-electron chi connectivity index (χ3n) is 3.66. The number of primary amides is 1. The summed E-state index contributed by atoms with van der Waals surface area (Å²) in [5.74, 6) is 0.275. The monoisotopic (exact) mass is 415 g/mol. The average Bonchev–Trinajstić information content (AvgIpc) is 2.91. The van der Waals surface area contributed by atoms with E-state index < -0.39 is 5.91 Å². The highest BCUT2D eigenvalue weighted by atomic mass is 35.5. The van der Waals surface area contributed by atoms with Gasteiger partial charge < -0.3 is 15.6 Å². The zero-order valence-corrected chi connectivity index (χ0v) is 16.7. The summed E-state index contributed by atoms with van der Waals surface area (Å²) in [5, 5.41) is 12.6. The molecule has 0 aliphatic carbocycles. The molecule has 2 amide bonds. The van der Waals surface area contributed by atoms with Gasteiger partial charge in [0.15, 0.2) is 5.16 Å². The molecule has 140 valence electrons. The van der Waals surface area contributed by atoms with Crippen molar-refractivity contribution in [3.63, 3.8) is 0 Å².